The molecule has 0 aromatic rings. The fourth-order valence-electron chi connectivity index (χ4n) is 0.776. The summed E-state index contributed by atoms with van der Waals surface area (Å²) in [5.41, 5.74) is 0. The van der Waals surface area contributed by atoms with Gasteiger partial charge in [0.25, 0.3) is 0 Å². The van der Waals surface area contributed by atoms with Gasteiger partial charge in [-0.2, -0.15) is 12.7 Å². The summed E-state index contributed by atoms with van der Waals surface area (Å²) in [5.74, 6) is -0.479. The monoisotopic (exact) mass is 270 g/mol. The lowest BCUT2D eigenvalue weighted by atomic mass is 10.4. The molecular formula is C8H18N2O6S. The van der Waals surface area contributed by atoms with E-state index in [1.165, 1.54) is 21.3 Å². The number of hydrogen-bond acceptors (Lipinski definition) is 6. The molecule has 0 saturated carbocycles. The van der Waals surface area contributed by atoms with Crippen molar-refractivity contribution in [2.45, 2.75) is 6.42 Å². The first-order valence-electron chi connectivity index (χ1n) is 4.84. The summed E-state index contributed by atoms with van der Waals surface area (Å²) in [5, 5.41) is 0. The van der Waals surface area contributed by atoms with Crippen LogP contribution in [0.15, 0.2) is 0 Å². The Kier molecular flexibility index (Phi) is 8.00. The van der Waals surface area contributed by atoms with Gasteiger partial charge in [-0.3, -0.25) is 9.63 Å². The summed E-state index contributed by atoms with van der Waals surface area (Å²) in [6.07, 6.45) is -0.0218. The van der Waals surface area contributed by atoms with E-state index in [9.17, 15) is 13.2 Å². The predicted octanol–water partition coefficient (Wildman–Crippen LogP) is -1.11. The number of carbonyl (C=O) groups is 1. The quantitative estimate of drug-likeness (QED) is 0.324. The number of nitrogens with zero attached hydrogens (tertiary/aromatic N) is 1. The van der Waals surface area contributed by atoms with E-state index >= 15 is 0 Å². The van der Waals surface area contributed by atoms with Gasteiger partial charge in [0.2, 0.25) is 0 Å². The third kappa shape index (κ3) is 7.23. The number of hydrogen-bond donors (Lipinski definition) is 1. The Balaban J connectivity index is 3.99. The van der Waals surface area contributed by atoms with Gasteiger partial charge in [0.05, 0.1) is 26.7 Å². The van der Waals surface area contributed by atoms with Crippen LogP contribution in [0.4, 0.5) is 0 Å². The van der Waals surface area contributed by atoms with E-state index in [0.717, 1.165) is 4.31 Å². The van der Waals surface area contributed by atoms with Crippen molar-refractivity contribution in [3.05, 3.63) is 0 Å². The van der Waals surface area contributed by atoms with Crippen molar-refractivity contribution in [2.75, 3.05) is 41.0 Å². The van der Waals surface area contributed by atoms with E-state index in [2.05, 4.69) is 14.3 Å². The highest BCUT2D eigenvalue weighted by atomic mass is 32.2. The lowest BCUT2D eigenvalue weighted by Gasteiger charge is -2.16. The predicted molar refractivity (Wildman–Crippen MR) is 59.1 cm³/mol. The zero-order chi connectivity index (χ0) is 13.3. The number of nitrogens with one attached hydrogen (secondary N) is 1. The molecule has 0 aliphatic rings. The average molecular weight is 270 g/mol. The Morgan fingerprint density at radius 1 is 1.29 bits per heavy atom. The molecule has 0 rings (SSSR count). The standard InChI is InChI=1S/C8H18N2O6S/c1-10(5-4-8(11)15-3)17(12,13)9-16-7-6-14-2/h9H,4-7H2,1-3H3. The molecule has 102 valence electrons. The lowest BCUT2D eigenvalue weighted by molar-refractivity contribution is -0.140. The Morgan fingerprint density at radius 2 is 1.94 bits per heavy atom. The summed E-state index contributed by atoms with van der Waals surface area (Å²) in [4.78, 5) is 17.4. The average Bonchev–Trinajstić information content (AvgIpc) is 2.31. The molecule has 0 heterocycles. The number of methoxy groups -OCH3 is 2. The molecule has 8 nitrogen and oxygen atoms in total. The maximum Gasteiger partial charge on any atom is 0.306 e. The molecule has 0 aromatic carbocycles. The van der Waals surface area contributed by atoms with Gasteiger partial charge in [-0.05, 0) is 0 Å². The van der Waals surface area contributed by atoms with E-state index in [1.54, 1.807) is 0 Å². The summed E-state index contributed by atoms with van der Waals surface area (Å²) in [7, 11) is 0.289. The Hall–Kier alpha value is -0.740. The molecule has 0 aliphatic carbocycles. The SMILES string of the molecule is COCCONS(=O)(=O)N(C)CCC(=O)OC. The minimum Gasteiger partial charge on any atom is -0.469 e. The van der Waals surface area contributed by atoms with Crippen LogP contribution in [-0.2, 0) is 29.3 Å². The Labute approximate surface area is 101 Å². The lowest BCUT2D eigenvalue weighted by Crippen LogP contribution is -2.39. The maximum absolute atomic E-state index is 11.5. The molecule has 0 radical (unpaired) electrons. The van der Waals surface area contributed by atoms with Gasteiger partial charge in [-0.1, -0.05) is 4.89 Å². The molecule has 9 heteroatoms. The normalized spacial score (nSPS) is 11.8. The highest BCUT2D eigenvalue weighted by Crippen LogP contribution is 1.96. The molecular weight excluding hydrogens is 252 g/mol. The largest absolute Gasteiger partial charge is 0.469 e. The van der Waals surface area contributed by atoms with Crippen molar-refractivity contribution in [1.82, 2.24) is 9.19 Å². The van der Waals surface area contributed by atoms with Gasteiger partial charge in [0.1, 0.15) is 0 Å². The van der Waals surface area contributed by atoms with Gasteiger partial charge >= 0.3 is 16.2 Å². The van der Waals surface area contributed by atoms with Crippen LogP contribution in [0.2, 0.25) is 0 Å². The van der Waals surface area contributed by atoms with E-state index < -0.39 is 16.2 Å². The molecule has 0 aromatic heterocycles. The molecule has 0 atom stereocenters. The van der Waals surface area contributed by atoms with Crippen molar-refractivity contribution < 1.29 is 27.5 Å². The van der Waals surface area contributed by atoms with Crippen molar-refractivity contribution in [2.24, 2.45) is 0 Å². The molecule has 0 unspecified atom stereocenters. The third-order valence-corrected chi connectivity index (χ3v) is 3.15. The first-order chi connectivity index (χ1) is 7.94. The molecule has 0 spiro atoms. The fourth-order valence-corrected chi connectivity index (χ4v) is 1.47. The van der Waals surface area contributed by atoms with Gasteiger partial charge in [0, 0.05) is 20.7 Å². The first kappa shape index (κ1) is 16.3. The second kappa shape index (κ2) is 8.37. The van der Waals surface area contributed by atoms with Gasteiger partial charge in [-0.25, -0.2) is 0 Å². The third-order valence-electron chi connectivity index (χ3n) is 1.82. The van der Waals surface area contributed by atoms with Crippen LogP contribution in [0.3, 0.4) is 0 Å². The van der Waals surface area contributed by atoms with Crippen LogP contribution < -0.4 is 4.89 Å². The summed E-state index contributed by atoms with van der Waals surface area (Å²) < 4.78 is 33.0. The van der Waals surface area contributed by atoms with Gasteiger partial charge < -0.3 is 9.47 Å². The zero-order valence-corrected chi connectivity index (χ0v) is 10.9. The Bertz CT molecular complexity index is 318. The van der Waals surface area contributed by atoms with Crippen LogP contribution >= 0.6 is 0 Å². The molecule has 0 amide bonds. The fraction of sp³-hybridized carbons (Fsp3) is 0.875. The van der Waals surface area contributed by atoms with Crippen molar-refractivity contribution >= 4 is 16.2 Å². The van der Waals surface area contributed by atoms with Crippen molar-refractivity contribution in [3.8, 4) is 0 Å². The summed E-state index contributed by atoms with van der Waals surface area (Å²) in [6, 6.07) is 0. The van der Waals surface area contributed by atoms with Gasteiger partial charge in [0.15, 0.2) is 0 Å². The first-order valence-corrected chi connectivity index (χ1v) is 6.28. The number of carbonyl (C=O) groups excluding carboxylic acids is 1. The number of esters is 1. The highest BCUT2D eigenvalue weighted by molar-refractivity contribution is 7.86. The zero-order valence-electron chi connectivity index (χ0n) is 10.1. The van der Waals surface area contributed by atoms with Crippen LogP contribution in [0.25, 0.3) is 0 Å². The Morgan fingerprint density at radius 3 is 2.47 bits per heavy atom. The maximum atomic E-state index is 11.5. The van der Waals surface area contributed by atoms with E-state index in [4.69, 9.17) is 0 Å². The highest BCUT2D eigenvalue weighted by Gasteiger charge is 2.18. The second-order valence-electron chi connectivity index (χ2n) is 3.08. The number of rotatable bonds is 9. The van der Waals surface area contributed by atoms with Gasteiger partial charge in [-0.15, -0.1) is 0 Å². The van der Waals surface area contributed by atoms with Crippen LogP contribution in [0.1, 0.15) is 6.42 Å². The topological polar surface area (TPSA) is 94.2 Å². The van der Waals surface area contributed by atoms with E-state index in [1.807, 2.05) is 4.89 Å². The molecule has 0 aliphatic heterocycles. The summed E-state index contributed by atoms with van der Waals surface area (Å²) in [6.45, 7) is 0.380. The molecule has 0 fully saturated rings. The molecule has 17 heavy (non-hydrogen) atoms. The summed E-state index contributed by atoms with van der Waals surface area (Å²) >= 11 is 0. The minimum atomic E-state index is -3.75. The molecule has 1 N–H and O–H groups in total. The van der Waals surface area contributed by atoms with Crippen LogP contribution in [0, 0.1) is 0 Å². The number of ether oxygens (including phenoxy) is 2. The van der Waals surface area contributed by atoms with Crippen LogP contribution in [-0.4, -0.2) is 59.7 Å². The minimum absolute atomic E-state index is 0.00957. The van der Waals surface area contributed by atoms with E-state index in [0.29, 0.717) is 0 Å². The molecule has 0 saturated heterocycles. The molecule has 0 bridgehead atoms. The second-order valence-corrected chi connectivity index (χ2v) is 4.82. The smallest absolute Gasteiger partial charge is 0.306 e. The van der Waals surface area contributed by atoms with E-state index in [-0.39, 0.29) is 26.2 Å². The van der Waals surface area contributed by atoms with Crippen molar-refractivity contribution in [3.63, 3.8) is 0 Å². The van der Waals surface area contributed by atoms with Crippen molar-refractivity contribution in [1.29, 1.82) is 0 Å². The van der Waals surface area contributed by atoms with Crippen LogP contribution in [0.5, 0.6) is 0 Å².